The molecule has 2 aromatic rings. The van der Waals surface area contributed by atoms with Gasteiger partial charge in [0.05, 0.1) is 17.3 Å². The van der Waals surface area contributed by atoms with Gasteiger partial charge in [0.15, 0.2) is 6.10 Å². The molecule has 0 fully saturated rings. The molecule has 0 saturated carbocycles. The Balaban J connectivity index is 2.08. The van der Waals surface area contributed by atoms with E-state index in [1.165, 1.54) is 18.3 Å². The molecule has 1 aromatic heterocycles. The van der Waals surface area contributed by atoms with E-state index >= 15 is 0 Å². The number of carboxylic acid groups (broad SMARTS) is 1. The first kappa shape index (κ1) is 14.0. The minimum absolute atomic E-state index is 0.175. The van der Waals surface area contributed by atoms with Crippen molar-refractivity contribution in [2.24, 2.45) is 0 Å². The molecule has 2 rings (SSSR count). The molecule has 0 bridgehead atoms. The Morgan fingerprint density at radius 2 is 2.26 bits per heavy atom. The molecule has 1 heterocycles. The van der Waals surface area contributed by atoms with Crippen molar-refractivity contribution in [3.05, 3.63) is 40.4 Å². The van der Waals surface area contributed by atoms with Crippen LogP contribution >= 0.6 is 22.9 Å². The van der Waals surface area contributed by atoms with Gasteiger partial charge in [0.25, 0.3) is 0 Å². The first-order valence-electron chi connectivity index (χ1n) is 5.61. The monoisotopic (exact) mass is 297 g/mol. The van der Waals surface area contributed by atoms with Crippen molar-refractivity contribution >= 4 is 28.9 Å². The first-order valence-corrected chi connectivity index (χ1v) is 6.87. The predicted molar refractivity (Wildman–Crippen MR) is 74.4 cm³/mol. The molecular formula is C13H12ClNO3S. The summed E-state index contributed by atoms with van der Waals surface area (Å²) in [5, 5.41) is 12.0. The molecule has 19 heavy (non-hydrogen) atoms. The number of thiazole rings is 1. The molecule has 1 unspecified atom stereocenters. The molecule has 1 aromatic carbocycles. The maximum atomic E-state index is 10.6. The Morgan fingerprint density at radius 3 is 2.95 bits per heavy atom. The molecule has 0 spiro atoms. The smallest absolute Gasteiger partial charge is 0.332 e. The van der Waals surface area contributed by atoms with Crippen LogP contribution in [0.3, 0.4) is 0 Å². The van der Waals surface area contributed by atoms with Crippen LogP contribution in [0.2, 0.25) is 5.02 Å². The molecule has 0 saturated heterocycles. The lowest BCUT2D eigenvalue weighted by Crippen LogP contribution is -2.19. The molecule has 0 radical (unpaired) electrons. The third-order valence-electron chi connectivity index (χ3n) is 2.48. The summed E-state index contributed by atoms with van der Waals surface area (Å²) in [4.78, 5) is 15.0. The average molecular weight is 298 g/mol. The van der Waals surface area contributed by atoms with Crippen LogP contribution in [0.25, 0.3) is 10.6 Å². The third-order valence-corrected chi connectivity index (χ3v) is 3.74. The van der Waals surface area contributed by atoms with Crippen molar-refractivity contribution in [1.82, 2.24) is 4.98 Å². The number of aliphatic carboxylic acids is 1. The number of carboxylic acids is 1. The Kier molecular flexibility index (Phi) is 4.52. The predicted octanol–water partition coefficient (Wildman–Crippen LogP) is 3.45. The number of halogens is 1. The molecule has 0 aliphatic heterocycles. The van der Waals surface area contributed by atoms with E-state index in [0.717, 1.165) is 10.6 Å². The van der Waals surface area contributed by atoms with Gasteiger partial charge < -0.3 is 9.84 Å². The number of ether oxygens (including phenoxy) is 1. The van der Waals surface area contributed by atoms with Crippen molar-refractivity contribution in [2.75, 3.05) is 0 Å². The van der Waals surface area contributed by atoms with Crippen molar-refractivity contribution in [3.8, 4) is 10.6 Å². The number of hydrogen-bond donors (Lipinski definition) is 1. The van der Waals surface area contributed by atoms with Crippen LogP contribution in [0, 0.1) is 0 Å². The highest BCUT2D eigenvalue weighted by Gasteiger charge is 2.13. The van der Waals surface area contributed by atoms with Crippen molar-refractivity contribution in [1.29, 1.82) is 0 Å². The van der Waals surface area contributed by atoms with Crippen LogP contribution in [0.15, 0.2) is 29.6 Å². The second kappa shape index (κ2) is 6.14. The van der Waals surface area contributed by atoms with Gasteiger partial charge in [0.1, 0.15) is 5.01 Å². The van der Waals surface area contributed by atoms with E-state index in [-0.39, 0.29) is 6.61 Å². The fraction of sp³-hybridized carbons (Fsp3) is 0.231. The van der Waals surface area contributed by atoms with Crippen LogP contribution in [-0.4, -0.2) is 22.2 Å². The van der Waals surface area contributed by atoms with Gasteiger partial charge in [-0.15, -0.1) is 11.3 Å². The van der Waals surface area contributed by atoms with Gasteiger partial charge in [-0.1, -0.05) is 29.8 Å². The van der Waals surface area contributed by atoms with E-state index in [4.69, 9.17) is 21.4 Å². The van der Waals surface area contributed by atoms with E-state index in [2.05, 4.69) is 4.98 Å². The third kappa shape index (κ3) is 3.53. The highest BCUT2D eigenvalue weighted by molar-refractivity contribution is 7.13. The summed E-state index contributed by atoms with van der Waals surface area (Å²) in [5.41, 5.74) is 1.57. The molecule has 0 amide bonds. The highest BCUT2D eigenvalue weighted by atomic mass is 35.5. The highest BCUT2D eigenvalue weighted by Crippen LogP contribution is 2.30. The van der Waals surface area contributed by atoms with Gasteiger partial charge in [-0.25, -0.2) is 9.78 Å². The van der Waals surface area contributed by atoms with Crippen LogP contribution in [0.4, 0.5) is 0 Å². The lowest BCUT2D eigenvalue weighted by atomic mass is 10.2. The van der Waals surface area contributed by atoms with E-state index in [1.54, 1.807) is 6.07 Å². The summed E-state index contributed by atoms with van der Waals surface area (Å²) >= 11 is 7.55. The number of hydrogen-bond acceptors (Lipinski definition) is 4. The van der Waals surface area contributed by atoms with E-state index < -0.39 is 12.1 Å². The molecule has 0 aliphatic carbocycles. The summed E-state index contributed by atoms with van der Waals surface area (Å²) in [6.07, 6.45) is -0.842. The molecular weight excluding hydrogens is 286 g/mol. The lowest BCUT2D eigenvalue weighted by Gasteiger charge is -2.05. The molecule has 0 aliphatic rings. The number of carbonyl (C=O) groups is 1. The lowest BCUT2D eigenvalue weighted by molar-refractivity contribution is -0.149. The Labute approximate surface area is 119 Å². The van der Waals surface area contributed by atoms with Crippen LogP contribution in [0.1, 0.15) is 12.6 Å². The topological polar surface area (TPSA) is 59.4 Å². The zero-order valence-electron chi connectivity index (χ0n) is 10.2. The van der Waals surface area contributed by atoms with Gasteiger partial charge in [-0.3, -0.25) is 0 Å². The molecule has 1 atom stereocenters. The minimum atomic E-state index is -0.985. The van der Waals surface area contributed by atoms with Gasteiger partial charge in [-0.2, -0.15) is 0 Å². The average Bonchev–Trinajstić information content (AvgIpc) is 2.85. The summed E-state index contributed by atoms with van der Waals surface area (Å²) in [5.74, 6) is -0.985. The Morgan fingerprint density at radius 1 is 1.53 bits per heavy atom. The molecule has 4 nitrogen and oxygen atoms in total. The zero-order chi connectivity index (χ0) is 13.8. The minimum Gasteiger partial charge on any atom is -0.479 e. The first-order chi connectivity index (χ1) is 9.08. The fourth-order valence-corrected chi connectivity index (χ4v) is 2.54. The fourth-order valence-electron chi connectivity index (χ4n) is 1.41. The largest absolute Gasteiger partial charge is 0.479 e. The second-order valence-corrected chi connectivity index (χ2v) is 5.18. The molecule has 6 heteroatoms. The van der Waals surface area contributed by atoms with Crippen molar-refractivity contribution < 1.29 is 14.6 Å². The maximum absolute atomic E-state index is 10.6. The van der Waals surface area contributed by atoms with E-state index in [0.29, 0.717) is 10.7 Å². The van der Waals surface area contributed by atoms with Crippen molar-refractivity contribution in [2.45, 2.75) is 19.6 Å². The SMILES string of the molecule is CC(OCc1csc(-c2ccccc2Cl)n1)C(=O)O. The summed E-state index contributed by atoms with van der Waals surface area (Å²) in [6.45, 7) is 1.66. The van der Waals surface area contributed by atoms with Crippen LogP contribution < -0.4 is 0 Å². The quantitative estimate of drug-likeness (QED) is 0.918. The summed E-state index contributed by atoms with van der Waals surface area (Å²) in [7, 11) is 0. The van der Waals surface area contributed by atoms with Crippen LogP contribution in [-0.2, 0) is 16.1 Å². The van der Waals surface area contributed by atoms with Crippen molar-refractivity contribution in [3.63, 3.8) is 0 Å². The molecule has 1 N–H and O–H groups in total. The normalized spacial score (nSPS) is 12.3. The van der Waals surface area contributed by atoms with Gasteiger partial charge in [-0.05, 0) is 13.0 Å². The van der Waals surface area contributed by atoms with E-state index in [1.807, 2.05) is 23.6 Å². The summed E-state index contributed by atoms with van der Waals surface area (Å²) < 4.78 is 5.18. The number of rotatable bonds is 5. The number of aromatic nitrogens is 1. The van der Waals surface area contributed by atoms with Gasteiger partial charge >= 0.3 is 5.97 Å². The maximum Gasteiger partial charge on any atom is 0.332 e. The molecule has 100 valence electrons. The number of benzene rings is 1. The van der Waals surface area contributed by atoms with E-state index in [9.17, 15) is 4.79 Å². The standard InChI is InChI=1S/C13H12ClNO3S/c1-8(13(16)17)18-6-9-7-19-12(15-9)10-4-2-3-5-11(10)14/h2-5,7-8H,6H2,1H3,(H,16,17). The Hall–Kier alpha value is -1.43. The second-order valence-electron chi connectivity index (χ2n) is 3.92. The van der Waals surface area contributed by atoms with Gasteiger partial charge in [0.2, 0.25) is 0 Å². The van der Waals surface area contributed by atoms with Gasteiger partial charge in [0, 0.05) is 10.9 Å². The zero-order valence-corrected chi connectivity index (χ0v) is 11.7. The van der Waals surface area contributed by atoms with Crippen LogP contribution in [0.5, 0.6) is 0 Å². The number of nitrogens with zero attached hydrogens (tertiary/aromatic N) is 1. The summed E-state index contributed by atoms with van der Waals surface area (Å²) in [6, 6.07) is 7.45. The Bertz CT molecular complexity index is 585.